The van der Waals surface area contributed by atoms with Gasteiger partial charge in [-0.3, -0.25) is 14.5 Å². The number of fused-ring (bicyclic) bond motifs is 2. The van der Waals surface area contributed by atoms with Gasteiger partial charge in [0.25, 0.3) is 11.8 Å². The average Bonchev–Trinajstić information content (AvgIpc) is 2.95. The molecule has 0 aliphatic carbocycles. The molecule has 2 aliphatic heterocycles. The Bertz CT molecular complexity index is 1320. The largest absolute Gasteiger partial charge is 0.508 e. The van der Waals surface area contributed by atoms with E-state index < -0.39 is 11.7 Å². The van der Waals surface area contributed by atoms with Crippen LogP contribution < -0.4 is 0 Å². The third-order valence-electron chi connectivity index (χ3n) is 5.95. The fraction of sp³-hybridized carbons (Fsp3) is 0.269. The van der Waals surface area contributed by atoms with Crippen molar-refractivity contribution in [2.24, 2.45) is 0 Å². The van der Waals surface area contributed by atoms with Crippen LogP contribution in [-0.2, 0) is 4.74 Å². The van der Waals surface area contributed by atoms with Gasteiger partial charge in [0.15, 0.2) is 0 Å². The number of ether oxygens (including phenoxy) is 1. The molecule has 1 N–H and O–H groups in total. The summed E-state index contributed by atoms with van der Waals surface area (Å²) >= 11 is 0. The Kier molecular flexibility index (Phi) is 4.67. The van der Waals surface area contributed by atoms with Crippen molar-refractivity contribution in [2.75, 3.05) is 13.1 Å². The highest BCUT2D eigenvalue weighted by Gasteiger charge is 2.46. The van der Waals surface area contributed by atoms with Gasteiger partial charge in [0, 0.05) is 13.1 Å². The highest BCUT2D eigenvalue weighted by Crippen LogP contribution is 2.36. The van der Waals surface area contributed by atoms with Gasteiger partial charge in [0.2, 0.25) is 0 Å². The van der Waals surface area contributed by atoms with Gasteiger partial charge in [-0.05, 0) is 66.9 Å². The van der Waals surface area contributed by atoms with Crippen LogP contribution in [0.15, 0.2) is 54.6 Å². The summed E-state index contributed by atoms with van der Waals surface area (Å²) in [5.74, 6) is -0.587. The molecule has 0 saturated carbocycles. The number of hydrogen-bond donors (Lipinski definition) is 1. The number of rotatable bonds is 2. The third-order valence-corrected chi connectivity index (χ3v) is 5.95. The van der Waals surface area contributed by atoms with Crippen LogP contribution in [0.4, 0.5) is 4.79 Å². The molecule has 7 nitrogen and oxygen atoms in total. The van der Waals surface area contributed by atoms with Crippen LogP contribution in [0.3, 0.4) is 0 Å². The Morgan fingerprint density at radius 3 is 2.36 bits per heavy atom. The van der Waals surface area contributed by atoms with Crippen molar-refractivity contribution in [2.45, 2.75) is 32.4 Å². The number of carbonyl (C=O) groups is 3. The van der Waals surface area contributed by atoms with E-state index in [1.54, 1.807) is 51.1 Å². The maximum absolute atomic E-state index is 13.2. The number of imide groups is 1. The first-order chi connectivity index (χ1) is 15.6. The standard InChI is InChI=1S/C26H24N2O5/c1-26(2,3)33-25(32)27-13-17(14-27)28-23(30)20-9-8-16(11-22(20)24(28)31)21-12-18(29)10-15-6-4-5-7-19(15)21/h4-12,17,29H,13-14H2,1-3H3. The van der Waals surface area contributed by atoms with E-state index in [4.69, 9.17) is 4.74 Å². The van der Waals surface area contributed by atoms with Crippen LogP contribution in [0.1, 0.15) is 41.5 Å². The Morgan fingerprint density at radius 2 is 1.64 bits per heavy atom. The van der Waals surface area contributed by atoms with E-state index in [0.29, 0.717) is 11.1 Å². The van der Waals surface area contributed by atoms with Gasteiger partial charge >= 0.3 is 6.09 Å². The number of aromatic hydroxyl groups is 1. The summed E-state index contributed by atoms with van der Waals surface area (Å²) in [5, 5.41) is 12.0. The molecule has 2 aliphatic rings. The minimum atomic E-state index is -0.607. The van der Waals surface area contributed by atoms with Crippen molar-refractivity contribution in [1.82, 2.24) is 9.80 Å². The highest BCUT2D eigenvalue weighted by molar-refractivity contribution is 6.22. The van der Waals surface area contributed by atoms with Crippen LogP contribution in [0.25, 0.3) is 21.9 Å². The SMILES string of the molecule is CC(C)(C)OC(=O)N1CC(N2C(=O)c3ccc(-c4cc(O)cc5ccccc45)cc3C2=O)C1. The highest BCUT2D eigenvalue weighted by atomic mass is 16.6. The first-order valence-electron chi connectivity index (χ1n) is 10.8. The molecule has 1 fully saturated rings. The smallest absolute Gasteiger partial charge is 0.410 e. The number of phenols is 1. The molecule has 1 saturated heterocycles. The average molecular weight is 444 g/mol. The maximum Gasteiger partial charge on any atom is 0.410 e. The molecule has 3 aromatic carbocycles. The molecule has 0 bridgehead atoms. The van der Waals surface area contributed by atoms with E-state index in [0.717, 1.165) is 21.9 Å². The molecule has 3 aromatic rings. The molecule has 2 heterocycles. The fourth-order valence-corrected chi connectivity index (χ4v) is 4.39. The Morgan fingerprint density at radius 1 is 0.939 bits per heavy atom. The van der Waals surface area contributed by atoms with E-state index in [-0.39, 0.29) is 36.7 Å². The van der Waals surface area contributed by atoms with Crippen LogP contribution >= 0.6 is 0 Å². The van der Waals surface area contributed by atoms with Gasteiger partial charge in [0.1, 0.15) is 11.4 Å². The van der Waals surface area contributed by atoms with Crippen molar-refractivity contribution >= 4 is 28.7 Å². The summed E-state index contributed by atoms with van der Waals surface area (Å²) in [5.41, 5.74) is 1.61. The molecule has 0 aromatic heterocycles. The lowest BCUT2D eigenvalue weighted by atomic mass is 9.95. The van der Waals surface area contributed by atoms with Crippen LogP contribution in [0.2, 0.25) is 0 Å². The van der Waals surface area contributed by atoms with Gasteiger partial charge in [-0.2, -0.15) is 0 Å². The first kappa shape index (κ1) is 21.0. The number of benzene rings is 3. The van der Waals surface area contributed by atoms with Crippen molar-refractivity contribution < 1.29 is 24.2 Å². The molecule has 3 amide bonds. The van der Waals surface area contributed by atoms with Crippen molar-refractivity contribution in [1.29, 1.82) is 0 Å². The molecule has 0 unspecified atom stereocenters. The van der Waals surface area contributed by atoms with Gasteiger partial charge in [-0.15, -0.1) is 0 Å². The lowest BCUT2D eigenvalue weighted by molar-refractivity contribution is -0.00969. The first-order valence-corrected chi connectivity index (χ1v) is 10.8. The summed E-state index contributed by atoms with van der Waals surface area (Å²) in [6, 6.07) is 15.8. The van der Waals surface area contributed by atoms with Crippen LogP contribution in [0, 0.1) is 0 Å². The Labute approximate surface area is 191 Å². The molecule has 0 spiro atoms. The molecule has 0 atom stereocenters. The number of likely N-dealkylation sites (tertiary alicyclic amines) is 1. The maximum atomic E-state index is 13.2. The minimum absolute atomic E-state index is 0.130. The van der Waals surface area contributed by atoms with E-state index in [9.17, 15) is 19.5 Å². The van der Waals surface area contributed by atoms with Gasteiger partial charge < -0.3 is 14.7 Å². The van der Waals surface area contributed by atoms with Crippen molar-refractivity contribution in [3.8, 4) is 16.9 Å². The normalized spacial score (nSPS) is 16.2. The zero-order valence-electron chi connectivity index (χ0n) is 18.7. The molecule has 33 heavy (non-hydrogen) atoms. The van der Waals surface area contributed by atoms with Crippen molar-refractivity contribution in [3.63, 3.8) is 0 Å². The molecule has 168 valence electrons. The summed E-state index contributed by atoms with van der Waals surface area (Å²) in [6.07, 6.45) is -0.451. The second-order valence-electron chi connectivity index (χ2n) is 9.49. The van der Waals surface area contributed by atoms with E-state index in [1.165, 1.54) is 9.80 Å². The number of amides is 3. The monoisotopic (exact) mass is 444 g/mol. The molecular formula is C26H24N2O5. The van der Waals surface area contributed by atoms with Crippen molar-refractivity contribution in [3.05, 3.63) is 65.7 Å². The van der Waals surface area contributed by atoms with E-state index in [1.807, 2.05) is 24.3 Å². The van der Waals surface area contributed by atoms with Gasteiger partial charge in [-0.1, -0.05) is 30.3 Å². The molecular weight excluding hydrogens is 420 g/mol. The predicted octanol–water partition coefficient (Wildman–Crippen LogP) is 4.43. The second-order valence-corrected chi connectivity index (χ2v) is 9.49. The third kappa shape index (κ3) is 3.59. The second kappa shape index (κ2) is 7.33. The van der Waals surface area contributed by atoms with E-state index in [2.05, 4.69) is 0 Å². The summed E-state index contributed by atoms with van der Waals surface area (Å²) < 4.78 is 5.36. The zero-order valence-corrected chi connectivity index (χ0v) is 18.7. The Hall–Kier alpha value is -3.87. The van der Waals surface area contributed by atoms with Gasteiger partial charge in [0.05, 0.1) is 17.2 Å². The van der Waals surface area contributed by atoms with E-state index >= 15 is 0 Å². The fourth-order valence-electron chi connectivity index (χ4n) is 4.39. The van der Waals surface area contributed by atoms with Crippen LogP contribution in [0.5, 0.6) is 5.75 Å². The summed E-state index contributed by atoms with van der Waals surface area (Å²) in [4.78, 5) is 41.1. The number of carbonyl (C=O) groups excluding carboxylic acids is 3. The summed E-state index contributed by atoms with van der Waals surface area (Å²) in [7, 11) is 0. The number of phenolic OH excluding ortho intramolecular Hbond substituents is 1. The lowest BCUT2D eigenvalue weighted by Crippen LogP contribution is -2.62. The molecule has 7 heteroatoms. The lowest BCUT2D eigenvalue weighted by Gasteiger charge is -2.42. The van der Waals surface area contributed by atoms with Gasteiger partial charge in [-0.25, -0.2) is 4.79 Å². The molecule has 5 rings (SSSR count). The van der Waals surface area contributed by atoms with Crippen LogP contribution in [-0.4, -0.2) is 57.5 Å². The minimum Gasteiger partial charge on any atom is -0.508 e. The summed E-state index contributed by atoms with van der Waals surface area (Å²) in [6.45, 7) is 5.88. The number of hydrogen-bond acceptors (Lipinski definition) is 5. The zero-order chi connectivity index (χ0) is 23.5. The molecule has 0 radical (unpaired) electrons. The quantitative estimate of drug-likeness (QED) is 0.591. The topological polar surface area (TPSA) is 87.2 Å². The number of nitrogens with zero attached hydrogens (tertiary/aromatic N) is 2. The predicted molar refractivity (Wildman–Crippen MR) is 123 cm³/mol. The Balaban J connectivity index is 1.41.